The quantitative estimate of drug-likeness (QED) is 0.607. The van der Waals surface area contributed by atoms with Gasteiger partial charge in [0.25, 0.3) is 0 Å². The van der Waals surface area contributed by atoms with Crippen molar-refractivity contribution in [2.45, 2.75) is 30.1 Å². The molecule has 1 aromatic heterocycles. The first-order chi connectivity index (χ1) is 12.9. The molecule has 0 spiro atoms. The summed E-state index contributed by atoms with van der Waals surface area (Å²) in [6.07, 6.45) is 5.05. The summed E-state index contributed by atoms with van der Waals surface area (Å²) in [4.78, 5) is 13.4. The molecule has 0 N–H and O–H groups in total. The molecular formula is C21H19NO4S. The summed E-state index contributed by atoms with van der Waals surface area (Å²) in [5, 5.41) is 4.00. The zero-order valence-electron chi connectivity index (χ0n) is 14.9. The first-order valence-corrected chi connectivity index (χ1v) is 10.7. The Balaban J connectivity index is 1.78. The van der Waals surface area contributed by atoms with Gasteiger partial charge in [-0.05, 0) is 48.6 Å². The van der Waals surface area contributed by atoms with Crippen LogP contribution >= 0.6 is 0 Å². The van der Waals surface area contributed by atoms with E-state index in [1.54, 1.807) is 12.1 Å². The summed E-state index contributed by atoms with van der Waals surface area (Å²) in [5.41, 5.74) is 3.34. The van der Waals surface area contributed by atoms with E-state index in [1.807, 2.05) is 30.3 Å². The van der Waals surface area contributed by atoms with E-state index < -0.39 is 9.84 Å². The molecular weight excluding hydrogens is 362 g/mol. The van der Waals surface area contributed by atoms with Crippen LogP contribution in [0.4, 0.5) is 0 Å². The lowest BCUT2D eigenvalue weighted by Crippen LogP contribution is -2.09. The molecule has 1 heterocycles. The van der Waals surface area contributed by atoms with Crippen LogP contribution in [-0.2, 0) is 16.3 Å². The number of aromatic nitrogens is 1. The van der Waals surface area contributed by atoms with Crippen molar-refractivity contribution in [3.63, 3.8) is 0 Å². The molecule has 6 heteroatoms. The van der Waals surface area contributed by atoms with Gasteiger partial charge in [0.05, 0.1) is 16.2 Å². The van der Waals surface area contributed by atoms with Gasteiger partial charge in [0, 0.05) is 17.7 Å². The minimum atomic E-state index is -3.37. The molecule has 0 saturated heterocycles. The third-order valence-electron chi connectivity index (χ3n) is 4.79. The number of carbonyl (C=O) groups excluding carboxylic acids is 1. The fourth-order valence-electron chi connectivity index (χ4n) is 3.20. The van der Waals surface area contributed by atoms with Gasteiger partial charge >= 0.3 is 0 Å². The van der Waals surface area contributed by atoms with Gasteiger partial charge in [0.2, 0.25) is 0 Å². The van der Waals surface area contributed by atoms with Crippen LogP contribution in [0.3, 0.4) is 0 Å². The third-order valence-corrected chi connectivity index (χ3v) is 5.90. The Morgan fingerprint density at radius 2 is 1.85 bits per heavy atom. The average molecular weight is 381 g/mol. The summed E-state index contributed by atoms with van der Waals surface area (Å²) in [6.45, 7) is 0. The van der Waals surface area contributed by atoms with Gasteiger partial charge in [0.1, 0.15) is 6.26 Å². The Kier molecular flexibility index (Phi) is 4.44. The molecule has 1 fully saturated rings. The van der Waals surface area contributed by atoms with E-state index in [2.05, 4.69) is 5.16 Å². The van der Waals surface area contributed by atoms with Gasteiger partial charge < -0.3 is 4.52 Å². The second kappa shape index (κ2) is 6.78. The van der Waals surface area contributed by atoms with Crippen molar-refractivity contribution in [2.75, 3.05) is 6.26 Å². The van der Waals surface area contributed by atoms with Crippen LogP contribution in [0, 0.1) is 0 Å². The van der Waals surface area contributed by atoms with Crippen molar-refractivity contribution < 1.29 is 17.7 Å². The Morgan fingerprint density at radius 1 is 1.11 bits per heavy atom. The maximum atomic E-state index is 13.2. The number of carbonyl (C=O) groups is 1. The van der Waals surface area contributed by atoms with Gasteiger partial charge in [-0.15, -0.1) is 0 Å². The molecule has 1 saturated carbocycles. The number of rotatable bonds is 6. The number of nitrogens with zero attached hydrogens (tertiary/aromatic N) is 1. The predicted octanol–water partition coefficient (Wildman–Crippen LogP) is 3.78. The van der Waals surface area contributed by atoms with Crippen molar-refractivity contribution >= 4 is 15.6 Å². The smallest absolute Gasteiger partial charge is 0.198 e. The zero-order chi connectivity index (χ0) is 19.0. The second-order valence-electron chi connectivity index (χ2n) is 6.97. The highest BCUT2D eigenvalue weighted by atomic mass is 32.2. The Bertz CT molecular complexity index is 1100. The van der Waals surface area contributed by atoms with Crippen molar-refractivity contribution in [1.29, 1.82) is 0 Å². The summed E-state index contributed by atoms with van der Waals surface area (Å²) >= 11 is 0. The molecule has 3 aromatic rings. The maximum Gasteiger partial charge on any atom is 0.198 e. The molecule has 0 bridgehead atoms. The van der Waals surface area contributed by atoms with Gasteiger partial charge in [0.15, 0.2) is 15.6 Å². The highest BCUT2D eigenvalue weighted by Gasteiger charge is 2.32. The fraction of sp³-hybridized carbons (Fsp3) is 0.238. The average Bonchev–Trinajstić information content (AvgIpc) is 3.38. The molecule has 4 rings (SSSR count). The molecule has 1 aliphatic rings. The van der Waals surface area contributed by atoms with Crippen LogP contribution in [0.25, 0.3) is 0 Å². The second-order valence-corrected chi connectivity index (χ2v) is 8.99. The van der Waals surface area contributed by atoms with E-state index in [1.165, 1.54) is 18.6 Å². The summed E-state index contributed by atoms with van der Waals surface area (Å²) in [6, 6.07) is 14.3. The van der Waals surface area contributed by atoms with E-state index in [0.29, 0.717) is 28.8 Å². The topological polar surface area (TPSA) is 77.2 Å². The SMILES string of the molecule is CS(=O)(=O)c1ccc(C(=O)c2conc2C2CC2)c(Cc2ccccc2)c1. The van der Waals surface area contributed by atoms with E-state index in [-0.39, 0.29) is 16.6 Å². The van der Waals surface area contributed by atoms with Crippen LogP contribution in [0.5, 0.6) is 0 Å². The number of ketones is 1. The largest absolute Gasteiger partial charge is 0.364 e. The van der Waals surface area contributed by atoms with E-state index in [4.69, 9.17) is 4.52 Å². The first-order valence-electron chi connectivity index (χ1n) is 8.79. The number of hydrogen-bond acceptors (Lipinski definition) is 5. The number of hydrogen-bond donors (Lipinski definition) is 0. The molecule has 2 aromatic carbocycles. The lowest BCUT2D eigenvalue weighted by Gasteiger charge is -2.11. The highest BCUT2D eigenvalue weighted by Crippen LogP contribution is 2.41. The Morgan fingerprint density at radius 3 is 2.52 bits per heavy atom. The fourth-order valence-corrected chi connectivity index (χ4v) is 3.87. The third kappa shape index (κ3) is 3.71. The lowest BCUT2D eigenvalue weighted by atomic mass is 9.94. The normalized spacial score (nSPS) is 14.3. The Hall–Kier alpha value is -2.73. The maximum absolute atomic E-state index is 13.2. The van der Waals surface area contributed by atoms with Crippen LogP contribution in [0.15, 0.2) is 64.2 Å². The van der Waals surface area contributed by atoms with E-state index >= 15 is 0 Å². The van der Waals surface area contributed by atoms with Gasteiger partial charge in [-0.3, -0.25) is 4.79 Å². The van der Waals surface area contributed by atoms with Gasteiger partial charge in [-0.25, -0.2) is 8.42 Å². The number of sulfone groups is 1. The van der Waals surface area contributed by atoms with E-state index in [9.17, 15) is 13.2 Å². The summed E-state index contributed by atoms with van der Waals surface area (Å²) in [5.74, 6) is 0.111. The zero-order valence-corrected chi connectivity index (χ0v) is 15.7. The highest BCUT2D eigenvalue weighted by molar-refractivity contribution is 7.90. The van der Waals surface area contributed by atoms with E-state index in [0.717, 1.165) is 18.4 Å². The molecule has 0 amide bonds. The molecule has 1 aliphatic carbocycles. The minimum absolute atomic E-state index is 0.177. The molecule has 0 unspecified atom stereocenters. The lowest BCUT2D eigenvalue weighted by molar-refractivity contribution is 0.103. The van der Waals surface area contributed by atoms with Crippen molar-refractivity contribution in [3.05, 3.63) is 82.7 Å². The van der Waals surface area contributed by atoms with Crippen LogP contribution in [-0.4, -0.2) is 25.6 Å². The van der Waals surface area contributed by atoms with Gasteiger partial charge in [-0.2, -0.15) is 0 Å². The van der Waals surface area contributed by atoms with Gasteiger partial charge in [-0.1, -0.05) is 35.5 Å². The van der Waals surface area contributed by atoms with Crippen LogP contribution in [0.2, 0.25) is 0 Å². The molecule has 138 valence electrons. The summed E-state index contributed by atoms with van der Waals surface area (Å²) in [7, 11) is -3.37. The molecule has 0 atom stereocenters. The molecule has 27 heavy (non-hydrogen) atoms. The van der Waals surface area contributed by atoms with Crippen LogP contribution < -0.4 is 0 Å². The van der Waals surface area contributed by atoms with Crippen molar-refractivity contribution in [2.24, 2.45) is 0 Å². The van der Waals surface area contributed by atoms with Crippen molar-refractivity contribution in [3.8, 4) is 0 Å². The predicted molar refractivity (Wildman–Crippen MR) is 101 cm³/mol. The molecule has 0 aliphatic heterocycles. The standard InChI is InChI=1S/C21H19NO4S/c1-27(24,25)17-9-10-18(16(12-17)11-14-5-3-2-4-6-14)21(23)19-13-26-22-20(19)15-7-8-15/h2-6,9-10,12-13,15H,7-8,11H2,1H3. The molecule has 0 radical (unpaired) electrons. The Labute approximate surface area is 157 Å². The molecule has 5 nitrogen and oxygen atoms in total. The van der Waals surface area contributed by atoms with Crippen molar-refractivity contribution in [1.82, 2.24) is 5.16 Å². The summed E-state index contributed by atoms with van der Waals surface area (Å²) < 4.78 is 29.0. The monoisotopic (exact) mass is 381 g/mol. The number of benzene rings is 2. The van der Waals surface area contributed by atoms with Crippen LogP contribution in [0.1, 0.15) is 51.5 Å². The first kappa shape index (κ1) is 17.7. The minimum Gasteiger partial charge on any atom is -0.364 e.